The second kappa shape index (κ2) is 10.4. The molecule has 1 aromatic heterocycles. The van der Waals surface area contributed by atoms with Crippen LogP contribution in [0.15, 0.2) is 29.6 Å². The number of hydrogen-bond acceptors (Lipinski definition) is 6. The number of thiophene rings is 1. The van der Waals surface area contributed by atoms with Crippen molar-refractivity contribution in [3.05, 3.63) is 45.6 Å². The zero-order valence-corrected chi connectivity index (χ0v) is 20.5. The number of aryl methyl sites for hydroxylation is 1. The average Bonchev–Trinajstić information content (AvgIpc) is 3.54. The van der Waals surface area contributed by atoms with Gasteiger partial charge in [-0.1, -0.05) is 12.5 Å². The van der Waals surface area contributed by atoms with Crippen LogP contribution < -0.4 is 9.47 Å². The Bertz CT molecular complexity index is 1030. The first-order chi connectivity index (χ1) is 16.6. The number of carbonyl (C=O) groups is 2. The van der Waals surface area contributed by atoms with Gasteiger partial charge in [0.25, 0.3) is 0 Å². The Labute approximate surface area is 204 Å². The highest BCUT2D eigenvalue weighted by molar-refractivity contribution is 7.10. The Morgan fingerprint density at radius 2 is 1.88 bits per heavy atom. The van der Waals surface area contributed by atoms with E-state index in [9.17, 15) is 9.59 Å². The molecule has 2 aromatic rings. The first-order valence-corrected chi connectivity index (χ1v) is 13.0. The largest absolute Gasteiger partial charge is 0.454 e. The Balaban J connectivity index is 1.34. The first-order valence-electron chi connectivity index (χ1n) is 12.2. The van der Waals surface area contributed by atoms with Gasteiger partial charge in [-0.15, -0.1) is 11.3 Å². The fourth-order valence-corrected chi connectivity index (χ4v) is 5.60. The highest BCUT2D eigenvalue weighted by atomic mass is 32.1. The Morgan fingerprint density at radius 3 is 2.59 bits per heavy atom. The molecule has 3 heterocycles. The topological polar surface area (TPSA) is 68.3 Å². The third kappa shape index (κ3) is 5.23. The van der Waals surface area contributed by atoms with Gasteiger partial charge in [-0.25, -0.2) is 0 Å². The summed E-state index contributed by atoms with van der Waals surface area (Å²) in [6.07, 6.45) is 4.91. The third-order valence-corrected chi connectivity index (χ3v) is 8.01. The molecule has 2 fully saturated rings. The van der Waals surface area contributed by atoms with Crippen molar-refractivity contribution >= 4 is 23.2 Å². The van der Waals surface area contributed by atoms with Gasteiger partial charge in [-0.05, 0) is 67.3 Å². The molecular weight excluding hydrogens is 452 g/mol. The van der Waals surface area contributed by atoms with E-state index in [4.69, 9.17) is 14.2 Å². The Kier molecular flexibility index (Phi) is 7.06. The number of amides is 2. The molecule has 34 heavy (non-hydrogen) atoms. The number of hydrogen-bond donors (Lipinski definition) is 0. The lowest BCUT2D eigenvalue weighted by atomic mass is 9.84. The monoisotopic (exact) mass is 484 g/mol. The molecule has 1 saturated heterocycles. The molecule has 1 unspecified atom stereocenters. The van der Waals surface area contributed by atoms with Gasteiger partial charge in [-0.3, -0.25) is 9.59 Å². The number of carbonyl (C=O) groups excluding carboxylic acids is 2. The molecule has 1 atom stereocenters. The molecule has 2 amide bonds. The van der Waals surface area contributed by atoms with Gasteiger partial charge in [0, 0.05) is 30.5 Å². The summed E-state index contributed by atoms with van der Waals surface area (Å²) in [5.41, 5.74) is 2.15. The molecule has 5 rings (SSSR count). The van der Waals surface area contributed by atoms with E-state index >= 15 is 0 Å². The predicted molar refractivity (Wildman–Crippen MR) is 129 cm³/mol. The molecule has 182 valence electrons. The van der Waals surface area contributed by atoms with Gasteiger partial charge in [0.2, 0.25) is 18.6 Å². The van der Waals surface area contributed by atoms with Gasteiger partial charge < -0.3 is 24.0 Å². The van der Waals surface area contributed by atoms with E-state index in [2.05, 4.69) is 18.4 Å². The SMILES string of the molecule is Cc1ccsc1CN(Cc1ccc2c(c1)OCO2)C(=O)CN(CC1CCCO1)C(=O)C1CCC1. The number of nitrogens with zero attached hydrogens (tertiary/aromatic N) is 2. The van der Waals surface area contributed by atoms with Crippen LogP contribution in [0.4, 0.5) is 0 Å². The van der Waals surface area contributed by atoms with Crippen LogP contribution in [0.2, 0.25) is 0 Å². The molecule has 1 aliphatic carbocycles. The van der Waals surface area contributed by atoms with Crippen LogP contribution >= 0.6 is 11.3 Å². The van der Waals surface area contributed by atoms with Gasteiger partial charge in [0.15, 0.2) is 11.5 Å². The average molecular weight is 485 g/mol. The zero-order chi connectivity index (χ0) is 23.5. The van der Waals surface area contributed by atoms with Crippen molar-refractivity contribution in [3.63, 3.8) is 0 Å². The van der Waals surface area contributed by atoms with Crippen molar-refractivity contribution in [2.75, 3.05) is 26.5 Å². The normalized spacial score (nSPS) is 19.1. The van der Waals surface area contributed by atoms with E-state index in [-0.39, 0.29) is 37.2 Å². The quantitative estimate of drug-likeness (QED) is 0.536. The number of ether oxygens (including phenoxy) is 3. The summed E-state index contributed by atoms with van der Waals surface area (Å²) in [5.74, 6) is 1.54. The lowest BCUT2D eigenvalue weighted by molar-refractivity contribution is -0.146. The van der Waals surface area contributed by atoms with Gasteiger partial charge >= 0.3 is 0 Å². The second-order valence-corrected chi connectivity index (χ2v) is 10.4. The molecule has 8 heteroatoms. The van der Waals surface area contributed by atoms with Gasteiger partial charge in [-0.2, -0.15) is 0 Å². The van der Waals surface area contributed by atoms with Crippen LogP contribution in [-0.2, 0) is 27.4 Å². The summed E-state index contributed by atoms with van der Waals surface area (Å²) in [6.45, 7) is 4.57. The minimum atomic E-state index is -0.0452. The molecule has 0 radical (unpaired) electrons. The van der Waals surface area contributed by atoms with Gasteiger partial charge in [0.05, 0.1) is 19.2 Å². The van der Waals surface area contributed by atoms with Crippen molar-refractivity contribution in [1.82, 2.24) is 9.80 Å². The van der Waals surface area contributed by atoms with E-state index < -0.39 is 0 Å². The highest BCUT2D eigenvalue weighted by Gasteiger charge is 2.33. The molecule has 0 spiro atoms. The van der Waals surface area contributed by atoms with Crippen molar-refractivity contribution in [2.45, 2.75) is 58.2 Å². The number of fused-ring (bicyclic) bond motifs is 1. The maximum Gasteiger partial charge on any atom is 0.242 e. The first kappa shape index (κ1) is 23.2. The molecule has 0 N–H and O–H groups in total. The minimum Gasteiger partial charge on any atom is -0.454 e. The van der Waals surface area contributed by atoms with Crippen LogP contribution in [0.1, 0.15) is 48.1 Å². The summed E-state index contributed by atoms with van der Waals surface area (Å²) in [6, 6.07) is 7.87. The van der Waals surface area contributed by atoms with Crippen molar-refractivity contribution in [1.29, 1.82) is 0 Å². The summed E-state index contributed by atoms with van der Waals surface area (Å²) < 4.78 is 16.8. The molecule has 1 aromatic carbocycles. The van der Waals surface area contributed by atoms with Crippen LogP contribution in [0.3, 0.4) is 0 Å². The maximum absolute atomic E-state index is 13.7. The Hall–Kier alpha value is -2.58. The number of rotatable bonds is 9. The van der Waals surface area contributed by atoms with Crippen LogP contribution in [0.5, 0.6) is 11.5 Å². The summed E-state index contributed by atoms with van der Waals surface area (Å²) >= 11 is 1.66. The molecule has 7 nitrogen and oxygen atoms in total. The van der Waals surface area contributed by atoms with E-state index in [1.54, 1.807) is 16.2 Å². The van der Waals surface area contributed by atoms with Crippen molar-refractivity contribution in [2.24, 2.45) is 5.92 Å². The van der Waals surface area contributed by atoms with Crippen LogP contribution in [0.25, 0.3) is 0 Å². The van der Waals surface area contributed by atoms with E-state index in [1.165, 1.54) is 5.56 Å². The van der Waals surface area contributed by atoms with Crippen LogP contribution in [-0.4, -0.2) is 54.2 Å². The standard InChI is InChI=1S/C26H32N2O5S/c1-18-9-11-34-24(18)15-27(13-19-7-8-22-23(12-19)33-17-32-22)25(29)16-28(14-21-6-3-10-31-21)26(30)20-4-2-5-20/h7-9,11-12,20-21H,2-6,10,13-17H2,1H3. The predicted octanol–water partition coefficient (Wildman–Crippen LogP) is 4.12. The zero-order valence-electron chi connectivity index (χ0n) is 19.7. The fraction of sp³-hybridized carbons (Fsp3) is 0.538. The molecule has 1 saturated carbocycles. The van der Waals surface area contributed by atoms with Crippen molar-refractivity contribution in [3.8, 4) is 11.5 Å². The lowest BCUT2D eigenvalue weighted by Gasteiger charge is -2.34. The highest BCUT2D eigenvalue weighted by Crippen LogP contribution is 2.33. The van der Waals surface area contributed by atoms with Gasteiger partial charge in [0.1, 0.15) is 0 Å². The van der Waals surface area contributed by atoms with E-state index in [0.717, 1.165) is 54.9 Å². The third-order valence-electron chi connectivity index (χ3n) is 7.01. The number of benzene rings is 1. The molecule has 0 bridgehead atoms. The smallest absolute Gasteiger partial charge is 0.242 e. The maximum atomic E-state index is 13.7. The molecule has 3 aliphatic rings. The summed E-state index contributed by atoms with van der Waals surface area (Å²) in [4.78, 5) is 31.6. The fourth-order valence-electron chi connectivity index (χ4n) is 4.67. The van der Waals surface area contributed by atoms with Crippen LogP contribution in [0, 0.1) is 12.8 Å². The minimum absolute atomic E-state index is 0.0266. The second-order valence-electron chi connectivity index (χ2n) is 9.45. The molecule has 2 aliphatic heterocycles. The summed E-state index contributed by atoms with van der Waals surface area (Å²) in [7, 11) is 0. The Morgan fingerprint density at radius 1 is 1.03 bits per heavy atom. The van der Waals surface area contributed by atoms with E-state index in [0.29, 0.717) is 25.4 Å². The van der Waals surface area contributed by atoms with Crippen molar-refractivity contribution < 1.29 is 23.8 Å². The summed E-state index contributed by atoms with van der Waals surface area (Å²) in [5, 5.41) is 2.05. The molecular formula is C26H32N2O5S. The lowest BCUT2D eigenvalue weighted by Crippen LogP contribution is -2.48. The van der Waals surface area contributed by atoms with E-state index in [1.807, 2.05) is 23.1 Å².